The van der Waals surface area contributed by atoms with Crippen molar-refractivity contribution in [3.05, 3.63) is 78.6 Å². The SMILES string of the molecule is N#Cc1ccc2cc(Cc3cc([C-]=O)ccn3)ccc2n1.[CH3-].[U+2]. The van der Waals surface area contributed by atoms with E-state index in [1.54, 1.807) is 24.4 Å². The molecule has 2 heterocycles. The van der Waals surface area contributed by atoms with Crippen LogP contribution in [0.4, 0.5) is 0 Å². The van der Waals surface area contributed by atoms with E-state index in [9.17, 15) is 4.79 Å². The normalized spacial score (nSPS) is 9.35. The Balaban J connectivity index is 0.00000132. The maximum absolute atomic E-state index is 10.7. The quantitative estimate of drug-likeness (QED) is 0.494. The van der Waals surface area contributed by atoms with Gasteiger partial charge < -0.3 is 12.2 Å². The van der Waals surface area contributed by atoms with Crippen LogP contribution in [-0.2, 0) is 11.2 Å². The molecule has 0 atom stereocenters. The molecule has 5 heteroatoms. The Morgan fingerprint density at radius 3 is 2.70 bits per heavy atom. The number of carbonyl (C=O) groups excluding carboxylic acids is 1. The van der Waals surface area contributed by atoms with E-state index in [1.807, 2.05) is 36.6 Å². The van der Waals surface area contributed by atoms with Gasteiger partial charge in [-0.05, 0) is 41.7 Å². The van der Waals surface area contributed by atoms with Gasteiger partial charge in [-0.2, -0.15) is 5.26 Å². The minimum atomic E-state index is 0. The molecule has 0 unspecified atom stereocenters. The fraction of sp³-hybridized carbons (Fsp3) is 0.0556. The maximum Gasteiger partial charge on any atom is 2.00 e. The molecule has 0 radical (unpaired) electrons. The van der Waals surface area contributed by atoms with Crippen molar-refractivity contribution >= 4 is 17.2 Å². The molecular weight excluding hydrogens is 512 g/mol. The van der Waals surface area contributed by atoms with Crippen molar-refractivity contribution in [1.29, 1.82) is 5.26 Å². The van der Waals surface area contributed by atoms with Crippen molar-refractivity contribution in [2.24, 2.45) is 0 Å². The molecule has 0 bridgehead atoms. The third kappa shape index (κ3) is 4.48. The molecule has 0 aliphatic heterocycles. The summed E-state index contributed by atoms with van der Waals surface area (Å²) in [4.78, 5) is 19.2. The number of hydrogen-bond donors (Lipinski definition) is 0. The molecule has 0 aliphatic carbocycles. The molecule has 0 aliphatic rings. The van der Waals surface area contributed by atoms with Crippen molar-refractivity contribution in [2.75, 3.05) is 0 Å². The van der Waals surface area contributed by atoms with Gasteiger partial charge in [0.05, 0.1) is 11.8 Å². The molecule has 0 fully saturated rings. The van der Waals surface area contributed by atoms with Gasteiger partial charge in [0.25, 0.3) is 0 Å². The number of hydrogen-bond acceptors (Lipinski definition) is 4. The number of fused-ring (bicyclic) bond motifs is 1. The Morgan fingerprint density at radius 2 is 1.96 bits per heavy atom. The molecule has 3 aromatic rings. The summed E-state index contributed by atoms with van der Waals surface area (Å²) in [5.41, 5.74) is 3.59. The zero-order valence-corrected chi connectivity index (χ0v) is 16.7. The van der Waals surface area contributed by atoms with Crippen molar-refractivity contribution in [2.45, 2.75) is 6.42 Å². The first kappa shape index (κ1) is 19.0. The summed E-state index contributed by atoms with van der Waals surface area (Å²) in [6.45, 7) is 0. The van der Waals surface area contributed by atoms with Crippen molar-refractivity contribution in [1.82, 2.24) is 9.97 Å². The van der Waals surface area contributed by atoms with Gasteiger partial charge in [0.2, 0.25) is 0 Å². The third-order valence-corrected chi connectivity index (χ3v) is 3.19. The average Bonchev–Trinajstić information content (AvgIpc) is 2.54. The average molecular weight is 525 g/mol. The molecular formula is C18H13N3OU. The van der Waals surface area contributed by atoms with Crippen molar-refractivity contribution in [3.8, 4) is 6.07 Å². The van der Waals surface area contributed by atoms with Gasteiger partial charge in [0.15, 0.2) is 0 Å². The molecule has 0 N–H and O–H groups in total. The summed E-state index contributed by atoms with van der Waals surface area (Å²) >= 11 is 0. The van der Waals surface area contributed by atoms with Gasteiger partial charge in [0.1, 0.15) is 11.8 Å². The van der Waals surface area contributed by atoms with Crippen LogP contribution >= 0.6 is 0 Å². The van der Waals surface area contributed by atoms with Crippen molar-refractivity contribution in [3.63, 3.8) is 0 Å². The van der Waals surface area contributed by atoms with E-state index in [1.165, 1.54) is 0 Å². The molecule has 4 nitrogen and oxygen atoms in total. The van der Waals surface area contributed by atoms with Gasteiger partial charge in [-0.1, -0.05) is 6.07 Å². The van der Waals surface area contributed by atoms with Gasteiger partial charge in [-0.3, -0.25) is 4.98 Å². The molecule has 0 spiro atoms. The summed E-state index contributed by atoms with van der Waals surface area (Å²) in [6.07, 6.45) is 4.10. The Hall–Kier alpha value is -2.01. The van der Waals surface area contributed by atoms with Crippen LogP contribution in [0.2, 0.25) is 0 Å². The van der Waals surface area contributed by atoms with E-state index in [0.29, 0.717) is 17.7 Å². The molecule has 3 rings (SSSR count). The fourth-order valence-electron chi connectivity index (χ4n) is 2.19. The van der Waals surface area contributed by atoms with Crippen LogP contribution in [0.1, 0.15) is 22.5 Å². The monoisotopic (exact) mass is 525 g/mol. The topological polar surface area (TPSA) is 66.6 Å². The second kappa shape index (κ2) is 8.58. The summed E-state index contributed by atoms with van der Waals surface area (Å²) in [7, 11) is 0. The standard InChI is InChI=1S/C17H10N3O.CH3.U/c18-10-15-3-2-14-7-12(1-4-17(14)20-15)8-16-9-13(11-21)5-6-19-16;;/h1-7,9H,8H2;1H3;/q2*-1;+2. The first-order valence-electron chi connectivity index (χ1n) is 6.41. The predicted molar refractivity (Wildman–Crippen MR) is 84.7 cm³/mol. The molecule has 1 aromatic carbocycles. The minimum Gasteiger partial charge on any atom is -0.376 e. The molecule has 0 saturated heterocycles. The first-order valence-corrected chi connectivity index (χ1v) is 6.41. The number of pyridine rings is 2. The van der Waals surface area contributed by atoms with Gasteiger partial charge in [-0.15, -0.1) is 17.7 Å². The van der Waals surface area contributed by atoms with Crippen LogP contribution < -0.4 is 0 Å². The summed E-state index contributed by atoms with van der Waals surface area (Å²) in [5, 5.41) is 9.82. The van der Waals surface area contributed by atoms with Gasteiger partial charge >= 0.3 is 31.1 Å². The minimum absolute atomic E-state index is 0. The molecule has 110 valence electrons. The van der Waals surface area contributed by atoms with Crippen LogP contribution in [-0.4, -0.2) is 16.3 Å². The zero-order chi connectivity index (χ0) is 14.7. The van der Waals surface area contributed by atoms with Gasteiger partial charge in [-0.25, -0.2) is 4.98 Å². The maximum atomic E-state index is 10.7. The number of rotatable bonds is 3. The molecule has 0 amide bonds. The van der Waals surface area contributed by atoms with Gasteiger partial charge in [0, 0.05) is 11.8 Å². The van der Waals surface area contributed by atoms with E-state index in [-0.39, 0.29) is 38.5 Å². The molecule has 23 heavy (non-hydrogen) atoms. The van der Waals surface area contributed by atoms with E-state index in [0.717, 1.165) is 22.2 Å². The smallest absolute Gasteiger partial charge is 0.376 e. The van der Waals surface area contributed by atoms with Crippen LogP contribution in [0.15, 0.2) is 48.7 Å². The summed E-state index contributed by atoms with van der Waals surface area (Å²) < 4.78 is 0. The number of benzene rings is 1. The van der Waals surface area contributed by atoms with E-state index in [4.69, 9.17) is 5.26 Å². The van der Waals surface area contributed by atoms with E-state index in [2.05, 4.69) is 9.97 Å². The Kier molecular flexibility index (Phi) is 7.10. The number of aromatic nitrogens is 2. The van der Waals surface area contributed by atoms with Crippen LogP contribution in [0, 0.1) is 49.9 Å². The van der Waals surface area contributed by atoms with Crippen molar-refractivity contribution < 1.29 is 35.9 Å². The predicted octanol–water partition coefficient (Wildman–Crippen LogP) is 3.00. The summed E-state index contributed by atoms with van der Waals surface area (Å²) in [6, 6.07) is 14.8. The number of nitrogens with zero attached hydrogens (tertiary/aromatic N) is 3. The van der Waals surface area contributed by atoms with Crippen LogP contribution in [0.5, 0.6) is 0 Å². The largest absolute Gasteiger partial charge is 2.00 e. The number of nitriles is 1. The second-order valence-electron chi connectivity index (χ2n) is 4.65. The Labute approximate surface area is 159 Å². The van der Waals surface area contributed by atoms with E-state index >= 15 is 0 Å². The molecule has 2 aromatic heterocycles. The van der Waals surface area contributed by atoms with Crippen LogP contribution in [0.3, 0.4) is 0 Å². The van der Waals surface area contributed by atoms with E-state index < -0.39 is 0 Å². The zero-order valence-electron chi connectivity index (χ0n) is 12.6. The molecule has 0 saturated carbocycles. The second-order valence-corrected chi connectivity index (χ2v) is 4.65. The Bertz CT molecular complexity index is 872. The third-order valence-electron chi connectivity index (χ3n) is 3.19. The first-order chi connectivity index (χ1) is 10.3. The fourth-order valence-corrected chi connectivity index (χ4v) is 2.19. The Morgan fingerprint density at radius 1 is 1.13 bits per heavy atom. The summed E-state index contributed by atoms with van der Waals surface area (Å²) in [5.74, 6) is 0. The van der Waals surface area contributed by atoms with Crippen LogP contribution in [0.25, 0.3) is 10.9 Å².